The fourth-order valence-corrected chi connectivity index (χ4v) is 2.36. The molecule has 0 radical (unpaired) electrons. The minimum atomic E-state index is -0.461. The second kappa shape index (κ2) is 5.47. The first-order valence-electron chi connectivity index (χ1n) is 6.78. The van der Waals surface area contributed by atoms with E-state index >= 15 is 0 Å². The molecule has 8 nitrogen and oxygen atoms in total. The van der Waals surface area contributed by atoms with Crippen LogP contribution in [0.1, 0.15) is 19.2 Å². The SMILES string of the molecule is CC1=C(C(=O)NCc2nc3ccc([N+](=O)[O-])cc3[nH]2)CCO1. The van der Waals surface area contributed by atoms with Crippen LogP contribution in [0.25, 0.3) is 11.0 Å². The first-order valence-corrected chi connectivity index (χ1v) is 6.78. The highest BCUT2D eigenvalue weighted by atomic mass is 16.6. The summed E-state index contributed by atoms with van der Waals surface area (Å²) in [4.78, 5) is 29.5. The Labute approximate surface area is 125 Å². The van der Waals surface area contributed by atoms with Crippen LogP contribution in [-0.2, 0) is 16.1 Å². The van der Waals surface area contributed by atoms with Crippen LogP contribution in [-0.4, -0.2) is 27.4 Å². The Morgan fingerprint density at radius 3 is 3.05 bits per heavy atom. The van der Waals surface area contributed by atoms with Gasteiger partial charge in [-0.25, -0.2) is 4.98 Å². The molecule has 0 fully saturated rings. The summed E-state index contributed by atoms with van der Waals surface area (Å²) >= 11 is 0. The van der Waals surface area contributed by atoms with Crippen molar-refractivity contribution in [2.24, 2.45) is 0 Å². The van der Waals surface area contributed by atoms with E-state index < -0.39 is 4.92 Å². The molecule has 2 N–H and O–H groups in total. The Kier molecular flexibility index (Phi) is 3.50. The van der Waals surface area contributed by atoms with Gasteiger partial charge in [0.1, 0.15) is 11.6 Å². The molecule has 0 aliphatic carbocycles. The first kappa shape index (κ1) is 14.1. The van der Waals surface area contributed by atoms with Crippen LogP contribution in [0.5, 0.6) is 0 Å². The first-order chi connectivity index (χ1) is 10.5. The highest BCUT2D eigenvalue weighted by Crippen LogP contribution is 2.20. The van der Waals surface area contributed by atoms with Gasteiger partial charge in [0.05, 0.1) is 34.7 Å². The van der Waals surface area contributed by atoms with Crippen LogP contribution >= 0.6 is 0 Å². The Bertz CT molecular complexity index is 793. The lowest BCUT2D eigenvalue weighted by molar-refractivity contribution is -0.384. The number of carbonyl (C=O) groups is 1. The predicted molar refractivity (Wildman–Crippen MR) is 77.9 cm³/mol. The molecule has 1 aromatic heterocycles. The van der Waals surface area contributed by atoms with Gasteiger partial charge in [-0.05, 0) is 13.0 Å². The Morgan fingerprint density at radius 1 is 1.55 bits per heavy atom. The number of nitro groups is 1. The Morgan fingerprint density at radius 2 is 2.36 bits per heavy atom. The highest BCUT2D eigenvalue weighted by molar-refractivity contribution is 5.94. The number of nitrogens with one attached hydrogen (secondary N) is 2. The molecule has 0 spiro atoms. The number of ether oxygens (including phenoxy) is 1. The average molecular weight is 302 g/mol. The zero-order chi connectivity index (χ0) is 15.7. The van der Waals surface area contributed by atoms with E-state index in [1.807, 2.05) is 0 Å². The summed E-state index contributed by atoms with van der Waals surface area (Å²) in [5.41, 5.74) is 1.83. The highest BCUT2D eigenvalue weighted by Gasteiger charge is 2.19. The largest absolute Gasteiger partial charge is 0.497 e. The number of aromatic nitrogens is 2. The number of amides is 1. The van der Waals surface area contributed by atoms with Gasteiger partial charge in [-0.15, -0.1) is 0 Å². The smallest absolute Gasteiger partial charge is 0.271 e. The van der Waals surface area contributed by atoms with E-state index in [0.29, 0.717) is 41.2 Å². The van der Waals surface area contributed by atoms with Gasteiger partial charge in [0.25, 0.3) is 11.6 Å². The van der Waals surface area contributed by atoms with Crippen molar-refractivity contribution < 1.29 is 14.5 Å². The molecule has 1 aliphatic rings. The van der Waals surface area contributed by atoms with E-state index in [9.17, 15) is 14.9 Å². The summed E-state index contributed by atoms with van der Waals surface area (Å²) in [7, 11) is 0. The van der Waals surface area contributed by atoms with Crippen molar-refractivity contribution >= 4 is 22.6 Å². The molecule has 1 aromatic carbocycles. The van der Waals surface area contributed by atoms with Crippen molar-refractivity contribution in [3.8, 4) is 0 Å². The number of nitro benzene ring substituents is 1. The van der Waals surface area contributed by atoms with Crippen molar-refractivity contribution in [3.63, 3.8) is 0 Å². The normalized spacial score (nSPS) is 14.2. The summed E-state index contributed by atoms with van der Waals surface area (Å²) < 4.78 is 5.25. The third kappa shape index (κ3) is 2.62. The molecule has 0 bridgehead atoms. The zero-order valence-electron chi connectivity index (χ0n) is 11.9. The fourth-order valence-electron chi connectivity index (χ4n) is 2.36. The summed E-state index contributed by atoms with van der Waals surface area (Å²) in [5.74, 6) is 1.01. The van der Waals surface area contributed by atoms with Crippen LogP contribution in [0.3, 0.4) is 0 Å². The van der Waals surface area contributed by atoms with Gasteiger partial charge in [0.15, 0.2) is 0 Å². The van der Waals surface area contributed by atoms with Crippen molar-refractivity contribution in [1.29, 1.82) is 0 Å². The number of benzene rings is 1. The van der Waals surface area contributed by atoms with E-state index in [4.69, 9.17) is 4.74 Å². The van der Waals surface area contributed by atoms with Crippen molar-refractivity contribution in [1.82, 2.24) is 15.3 Å². The zero-order valence-corrected chi connectivity index (χ0v) is 11.9. The van der Waals surface area contributed by atoms with E-state index in [1.54, 1.807) is 13.0 Å². The summed E-state index contributed by atoms with van der Waals surface area (Å²) in [5, 5.41) is 13.5. The topological polar surface area (TPSA) is 110 Å². The second-order valence-corrected chi connectivity index (χ2v) is 4.96. The molecule has 1 amide bonds. The van der Waals surface area contributed by atoms with Crippen LogP contribution in [0.4, 0.5) is 5.69 Å². The summed E-state index contributed by atoms with van der Waals surface area (Å²) in [6, 6.07) is 4.40. The fraction of sp³-hybridized carbons (Fsp3) is 0.286. The van der Waals surface area contributed by atoms with E-state index in [0.717, 1.165) is 0 Å². The van der Waals surface area contributed by atoms with Gasteiger partial charge in [0.2, 0.25) is 0 Å². The molecule has 2 aromatic rings. The molecule has 0 atom stereocenters. The molecular weight excluding hydrogens is 288 g/mol. The number of hydrogen-bond acceptors (Lipinski definition) is 5. The molecule has 0 saturated heterocycles. The predicted octanol–water partition coefficient (Wildman–Crippen LogP) is 1.78. The van der Waals surface area contributed by atoms with Crippen molar-refractivity contribution in [2.75, 3.05) is 6.61 Å². The monoisotopic (exact) mass is 302 g/mol. The standard InChI is InChI=1S/C14H14N4O4/c1-8-10(4-5-22-8)14(19)15-7-13-16-11-3-2-9(18(20)21)6-12(11)17-13/h2-3,6H,4-5,7H2,1H3,(H,15,19)(H,16,17). The lowest BCUT2D eigenvalue weighted by Crippen LogP contribution is -2.25. The second-order valence-electron chi connectivity index (χ2n) is 4.96. The molecule has 114 valence electrons. The number of H-pyrrole nitrogens is 1. The number of aromatic amines is 1. The Hall–Kier alpha value is -2.90. The maximum Gasteiger partial charge on any atom is 0.271 e. The number of allylic oxidation sites excluding steroid dienone is 1. The number of non-ortho nitro benzene ring substituents is 1. The molecular formula is C14H14N4O4. The van der Waals surface area contributed by atoms with Gasteiger partial charge in [-0.1, -0.05) is 0 Å². The third-order valence-corrected chi connectivity index (χ3v) is 3.51. The number of hydrogen-bond donors (Lipinski definition) is 2. The quantitative estimate of drug-likeness (QED) is 0.660. The maximum absolute atomic E-state index is 12.0. The average Bonchev–Trinajstić information content (AvgIpc) is 3.09. The van der Waals surface area contributed by atoms with Gasteiger partial charge in [-0.2, -0.15) is 0 Å². The van der Waals surface area contributed by atoms with Gasteiger partial charge in [0, 0.05) is 18.6 Å². The van der Waals surface area contributed by atoms with Crippen LogP contribution in [0.2, 0.25) is 0 Å². The molecule has 2 heterocycles. The van der Waals surface area contributed by atoms with Crippen LogP contribution < -0.4 is 5.32 Å². The van der Waals surface area contributed by atoms with Crippen LogP contribution in [0, 0.1) is 10.1 Å². The Balaban J connectivity index is 1.73. The molecule has 22 heavy (non-hydrogen) atoms. The number of fused-ring (bicyclic) bond motifs is 1. The summed E-state index contributed by atoms with van der Waals surface area (Å²) in [6.07, 6.45) is 0.601. The number of nitrogens with zero attached hydrogens (tertiary/aromatic N) is 2. The minimum Gasteiger partial charge on any atom is -0.497 e. The van der Waals surface area contributed by atoms with Crippen LogP contribution in [0.15, 0.2) is 29.5 Å². The van der Waals surface area contributed by atoms with E-state index in [1.165, 1.54) is 12.1 Å². The molecule has 0 saturated carbocycles. The maximum atomic E-state index is 12.0. The number of rotatable bonds is 4. The lowest BCUT2D eigenvalue weighted by Gasteiger charge is -2.03. The molecule has 3 rings (SSSR count). The summed E-state index contributed by atoms with van der Waals surface area (Å²) in [6.45, 7) is 2.52. The molecule has 8 heteroatoms. The molecule has 0 unspecified atom stereocenters. The lowest BCUT2D eigenvalue weighted by atomic mass is 10.2. The van der Waals surface area contributed by atoms with E-state index in [-0.39, 0.29) is 18.1 Å². The van der Waals surface area contributed by atoms with Gasteiger partial charge in [-0.3, -0.25) is 14.9 Å². The third-order valence-electron chi connectivity index (χ3n) is 3.51. The van der Waals surface area contributed by atoms with Gasteiger partial charge < -0.3 is 15.0 Å². The van der Waals surface area contributed by atoms with E-state index in [2.05, 4.69) is 15.3 Å². The van der Waals surface area contributed by atoms with Gasteiger partial charge >= 0.3 is 0 Å². The van der Waals surface area contributed by atoms with Crippen molar-refractivity contribution in [3.05, 3.63) is 45.5 Å². The van der Waals surface area contributed by atoms with Crippen molar-refractivity contribution in [2.45, 2.75) is 19.9 Å². The number of carbonyl (C=O) groups excluding carboxylic acids is 1. The number of imidazole rings is 1. The molecule has 1 aliphatic heterocycles. The minimum absolute atomic E-state index is 0.00406.